The van der Waals surface area contributed by atoms with Crippen LogP contribution in [-0.4, -0.2) is 33.2 Å². The van der Waals surface area contributed by atoms with Gasteiger partial charge in [-0.15, -0.1) is 10.9 Å². The summed E-state index contributed by atoms with van der Waals surface area (Å²) >= 11 is 0. The van der Waals surface area contributed by atoms with Crippen LogP contribution in [0.5, 0.6) is 5.75 Å². The van der Waals surface area contributed by atoms with Crippen molar-refractivity contribution >= 4 is 10.1 Å². The van der Waals surface area contributed by atoms with Gasteiger partial charge >= 0.3 is 10.1 Å². The predicted molar refractivity (Wildman–Crippen MR) is 120 cm³/mol. The van der Waals surface area contributed by atoms with Crippen LogP contribution in [0.15, 0.2) is 43.0 Å². The molecule has 0 fully saturated rings. The first-order valence-corrected chi connectivity index (χ1v) is 12.0. The topological polar surface area (TPSA) is 106 Å². The Bertz CT molecular complexity index is 638. The monoisotopic (exact) mass is 445 g/mol. The first-order chi connectivity index (χ1) is 14.0. The quantitative estimate of drug-likeness (QED) is 0.136. The summed E-state index contributed by atoms with van der Waals surface area (Å²) in [6.45, 7) is 7.65. The molecule has 7 nitrogen and oxygen atoms in total. The van der Waals surface area contributed by atoms with Crippen molar-refractivity contribution in [2.75, 3.05) is 13.2 Å². The molecule has 1 aromatic rings. The number of benzene rings is 1. The van der Waals surface area contributed by atoms with Crippen LogP contribution in [0, 0.1) is 0 Å². The van der Waals surface area contributed by atoms with E-state index in [4.69, 9.17) is 14.4 Å². The Morgan fingerprint density at radius 3 is 2.30 bits per heavy atom. The Kier molecular flexibility index (Phi) is 16.4. The fourth-order valence-electron chi connectivity index (χ4n) is 2.76. The van der Waals surface area contributed by atoms with Crippen molar-refractivity contribution in [2.45, 2.75) is 76.8 Å². The standard InChI is InChI=1S/C22H36O6S.H3N/c1-4-6-7-8-9-10-14-17-22(29(23,24)28-26-18-5-2)27-20(3)19-25-21-15-12-11-13-16-21;/h5,11-13,15-16,20,22H,2,4,6-10,14,17-19H2,1,3H3;1H3. The van der Waals surface area contributed by atoms with Crippen LogP contribution in [0.2, 0.25) is 0 Å². The molecule has 2 unspecified atom stereocenters. The van der Waals surface area contributed by atoms with E-state index in [1.165, 1.54) is 31.8 Å². The van der Waals surface area contributed by atoms with Crippen molar-refractivity contribution in [2.24, 2.45) is 0 Å². The Balaban J connectivity index is 0.00000841. The zero-order valence-corrected chi connectivity index (χ0v) is 19.3. The lowest BCUT2D eigenvalue weighted by molar-refractivity contribution is -0.194. The molecule has 174 valence electrons. The molecule has 0 heterocycles. The van der Waals surface area contributed by atoms with Crippen molar-refractivity contribution in [3.05, 3.63) is 43.0 Å². The third-order valence-electron chi connectivity index (χ3n) is 4.31. The lowest BCUT2D eigenvalue weighted by Crippen LogP contribution is -2.32. The number of para-hydroxylation sites is 1. The lowest BCUT2D eigenvalue weighted by Gasteiger charge is -2.22. The van der Waals surface area contributed by atoms with Gasteiger partial charge < -0.3 is 15.6 Å². The molecule has 0 bridgehead atoms. The fourth-order valence-corrected chi connectivity index (χ4v) is 3.82. The zero-order chi connectivity index (χ0) is 21.4. The molecule has 8 heteroatoms. The number of unbranched alkanes of at least 4 members (excludes halogenated alkanes) is 6. The first kappa shape index (κ1) is 28.5. The summed E-state index contributed by atoms with van der Waals surface area (Å²) in [5.74, 6) is 0.708. The van der Waals surface area contributed by atoms with Gasteiger partial charge in [-0.1, -0.05) is 69.7 Å². The van der Waals surface area contributed by atoms with Gasteiger partial charge in [0.1, 0.15) is 19.0 Å². The van der Waals surface area contributed by atoms with Crippen LogP contribution in [0.3, 0.4) is 0 Å². The molecule has 1 aromatic carbocycles. The average molecular weight is 446 g/mol. The molecule has 0 amide bonds. The molecule has 0 saturated heterocycles. The van der Waals surface area contributed by atoms with E-state index in [2.05, 4.69) is 17.8 Å². The Hall–Kier alpha value is -1.45. The number of hydrogen-bond acceptors (Lipinski definition) is 7. The third-order valence-corrected chi connectivity index (χ3v) is 5.58. The van der Waals surface area contributed by atoms with Gasteiger partial charge in [-0.25, -0.2) is 4.89 Å². The molecule has 0 aliphatic carbocycles. The smallest absolute Gasteiger partial charge is 0.320 e. The Labute approximate surface area is 182 Å². The van der Waals surface area contributed by atoms with E-state index in [0.29, 0.717) is 12.2 Å². The summed E-state index contributed by atoms with van der Waals surface area (Å²) in [6, 6.07) is 9.33. The molecule has 0 spiro atoms. The minimum absolute atomic E-state index is 0. The van der Waals surface area contributed by atoms with E-state index in [1.807, 2.05) is 30.3 Å². The SMILES string of the molecule is C=CCOOS(=O)(=O)C(CCCCCCCCC)OC(C)COc1ccccc1.N. The van der Waals surface area contributed by atoms with Crippen molar-refractivity contribution in [1.82, 2.24) is 6.15 Å². The second-order valence-corrected chi connectivity index (χ2v) is 8.69. The summed E-state index contributed by atoms with van der Waals surface area (Å²) in [5.41, 5.74) is -1.10. The summed E-state index contributed by atoms with van der Waals surface area (Å²) in [7, 11) is -4.02. The second kappa shape index (κ2) is 17.3. The molecular weight excluding hydrogens is 406 g/mol. The molecule has 2 atom stereocenters. The highest BCUT2D eigenvalue weighted by atomic mass is 32.2. The summed E-state index contributed by atoms with van der Waals surface area (Å²) < 4.78 is 41.0. The normalized spacial score (nSPS) is 13.3. The van der Waals surface area contributed by atoms with Gasteiger partial charge in [0.2, 0.25) is 0 Å². The van der Waals surface area contributed by atoms with Gasteiger partial charge in [0.25, 0.3) is 0 Å². The molecule has 0 aromatic heterocycles. The molecule has 0 aliphatic heterocycles. The molecule has 0 saturated carbocycles. The average Bonchev–Trinajstić information content (AvgIpc) is 2.71. The summed E-state index contributed by atoms with van der Waals surface area (Å²) in [4.78, 5) is 4.69. The summed E-state index contributed by atoms with van der Waals surface area (Å²) in [6.07, 6.45) is 8.98. The van der Waals surface area contributed by atoms with E-state index < -0.39 is 21.7 Å². The molecular formula is C22H39NO6S. The first-order valence-electron chi connectivity index (χ1n) is 10.5. The van der Waals surface area contributed by atoms with Gasteiger partial charge in [-0.2, -0.15) is 8.42 Å². The van der Waals surface area contributed by atoms with E-state index in [9.17, 15) is 8.42 Å². The minimum atomic E-state index is -4.02. The van der Waals surface area contributed by atoms with Crippen molar-refractivity contribution < 1.29 is 27.1 Å². The van der Waals surface area contributed by atoms with Crippen LogP contribution in [-0.2, 0) is 24.1 Å². The van der Waals surface area contributed by atoms with Crippen molar-refractivity contribution in [3.8, 4) is 5.75 Å². The largest absolute Gasteiger partial charge is 0.491 e. The number of hydrogen-bond donors (Lipinski definition) is 1. The molecule has 3 N–H and O–H groups in total. The highest BCUT2D eigenvalue weighted by Crippen LogP contribution is 2.19. The van der Waals surface area contributed by atoms with Crippen molar-refractivity contribution in [3.63, 3.8) is 0 Å². The van der Waals surface area contributed by atoms with Gasteiger partial charge in [0.15, 0.2) is 5.44 Å². The third kappa shape index (κ3) is 13.0. The maximum atomic E-state index is 12.5. The van der Waals surface area contributed by atoms with Gasteiger partial charge in [0, 0.05) is 0 Å². The Morgan fingerprint density at radius 1 is 1.03 bits per heavy atom. The van der Waals surface area contributed by atoms with Crippen LogP contribution < -0.4 is 10.9 Å². The van der Waals surface area contributed by atoms with Crippen LogP contribution in [0.25, 0.3) is 0 Å². The van der Waals surface area contributed by atoms with Crippen LogP contribution >= 0.6 is 0 Å². The van der Waals surface area contributed by atoms with E-state index in [1.54, 1.807) is 6.92 Å². The summed E-state index contributed by atoms with van der Waals surface area (Å²) in [5, 5.41) is 0. The Morgan fingerprint density at radius 2 is 1.67 bits per heavy atom. The molecule has 0 radical (unpaired) electrons. The van der Waals surface area contributed by atoms with Crippen molar-refractivity contribution in [1.29, 1.82) is 0 Å². The lowest BCUT2D eigenvalue weighted by atomic mass is 10.1. The maximum absolute atomic E-state index is 12.5. The van der Waals surface area contributed by atoms with Gasteiger partial charge in [0.05, 0.1) is 6.10 Å². The molecule has 30 heavy (non-hydrogen) atoms. The highest BCUT2D eigenvalue weighted by Gasteiger charge is 2.30. The highest BCUT2D eigenvalue weighted by molar-refractivity contribution is 7.87. The van der Waals surface area contributed by atoms with Crippen LogP contribution in [0.4, 0.5) is 0 Å². The van der Waals surface area contributed by atoms with Gasteiger partial charge in [-0.3, -0.25) is 0 Å². The molecule has 0 aliphatic rings. The fraction of sp³-hybridized carbons (Fsp3) is 0.636. The second-order valence-electron chi connectivity index (χ2n) is 7.04. The number of rotatable bonds is 18. The van der Waals surface area contributed by atoms with Crippen LogP contribution in [0.1, 0.15) is 65.2 Å². The van der Waals surface area contributed by atoms with E-state index in [-0.39, 0.29) is 19.4 Å². The minimum Gasteiger partial charge on any atom is -0.491 e. The van der Waals surface area contributed by atoms with Gasteiger partial charge in [-0.05, 0) is 31.9 Å². The maximum Gasteiger partial charge on any atom is 0.320 e. The number of ether oxygens (including phenoxy) is 2. The zero-order valence-electron chi connectivity index (χ0n) is 18.5. The predicted octanol–water partition coefficient (Wildman–Crippen LogP) is 5.56. The van der Waals surface area contributed by atoms with E-state index >= 15 is 0 Å². The molecule has 1 rings (SSSR count). The van der Waals surface area contributed by atoms with E-state index in [0.717, 1.165) is 19.3 Å².